The van der Waals surface area contributed by atoms with E-state index in [1.54, 1.807) is 11.3 Å². The van der Waals surface area contributed by atoms with Crippen molar-refractivity contribution >= 4 is 27.5 Å². The highest BCUT2D eigenvalue weighted by Gasteiger charge is 2.06. The van der Waals surface area contributed by atoms with E-state index in [1.165, 1.54) is 0 Å². The van der Waals surface area contributed by atoms with E-state index in [2.05, 4.69) is 31.1 Å². The quantitative estimate of drug-likeness (QED) is 0.781. The summed E-state index contributed by atoms with van der Waals surface area (Å²) in [5, 5.41) is 13.3. The molecule has 18 heavy (non-hydrogen) atoms. The summed E-state index contributed by atoms with van der Waals surface area (Å²) >= 11 is 1.58. The molecule has 6 heteroatoms. The molecule has 1 aromatic carbocycles. The van der Waals surface area contributed by atoms with Crippen molar-refractivity contribution in [3.05, 3.63) is 35.6 Å². The van der Waals surface area contributed by atoms with Gasteiger partial charge in [0.2, 0.25) is 5.13 Å². The maximum atomic E-state index is 4.36. The molecule has 0 aliphatic rings. The molecule has 0 bridgehead atoms. The van der Waals surface area contributed by atoms with Gasteiger partial charge in [-0.25, -0.2) is 4.98 Å². The highest BCUT2D eigenvalue weighted by Crippen LogP contribution is 2.18. The van der Waals surface area contributed by atoms with Crippen molar-refractivity contribution in [2.24, 2.45) is 0 Å². The summed E-state index contributed by atoms with van der Waals surface area (Å²) in [6.07, 6.45) is 1.85. The van der Waals surface area contributed by atoms with Crippen LogP contribution in [0.15, 0.2) is 30.6 Å². The van der Waals surface area contributed by atoms with Crippen LogP contribution in [0.3, 0.4) is 0 Å². The first kappa shape index (κ1) is 11.2. The number of benzene rings is 1. The van der Waals surface area contributed by atoms with Gasteiger partial charge in [-0.15, -0.1) is 10.2 Å². The van der Waals surface area contributed by atoms with Gasteiger partial charge in [-0.1, -0.05) is 23.5 Å². The van der Waals surface area contributed by atoms with Gasteiger partial charge in [0.1, 0.15) is 5.01 Å². The fourth-order valence-electron chi connectivity index (χ4n) is 1.82. The normalized spacial score (nSPS) is 10.9. The van der Waals surface area contributed by atoms with Crippen LogP contribution in [0.4, 0.5) is 5.13 Å². The molecule has 92 valence electrons. The molecule has 2 aromatic heterocycles. The Balaban J connectivity index is 1.87. The number of fused-ring (bicyclic) bond motifs is 1. The van der Waals surface area contributed by atoms with Gasteiger partial charge >= 0.3 is 0 Å². The van der Waals surface area contributed by atoms with E-state index in [-0.39, 0.29) is 0 Å². The van der Waals surface area contributed by atoms with Crippen molar-refractivity contribution in [2.75, 3.05) is 11.9 Å². The SMILES string of the molecule is CCNc1nnc(Cn2cnc3ccccc32)s1. The topological polar surface area (TPSA) is 55.6 Å². The Morgan fingerprint density at radius 3 is 3.06 bits per heavy atom. The minimum Gasteiger partial charge on any atom is -0.360 e. The van der Waals surface area contributed by atoms with E-state index in [9.17, 15) is 0 Å². The van der Waals surface area contributed by atoms with E-state index < -0.39 is 0 Å². The van der Waals surface area contributed by atoms with Gasteiger partial charge in [-0.05, 0) is 19.1 Å². The molecule has 0 aliphatic heterocycles. The lowest BCUT2D eigenvalue weighted by molar-refractivity contribution is 0.800. The maximum absolute atomic E-state index is 4.36. The molecular formula is C12H13N5S. The fourth-order valence-corrected chi connectivity index (χ4v) is 2.63. The van der Waals surface area contributed by atoms with Gasteiger partial charge in [0.25, 0.3) is 0 Å². The van der Waals surface area contributed by atoms with Crippen LogP contribution in [-0.4, -0.2) is 26.3 Å². The molecule has 0 saturated carbocycles. The zero-order valence-electron chi connectivity index (χ0n) is 10.00. The van der Waals surface area contributed by atoms with Crippen molar-refractivity contribution in [2.45, 2.75) is 13.5 Å². The second kappa shape index (κ2) is 4.73. The van der Waals surface area contributed by atoms with Crippen molar-refractivity contribution in [3.8, 4) is 0 Å². The molecule has 0 amide bonds. The van der Waals surface area contributed by atoms with Crippen molar-refractivity contribution in [1.29, 1.82) is 0 Å². The Morgan fingerprint density at radius 1 is 1.28 bits per heavy atom. The molecule has 0 atom stereocenters. The molecule has 2 heterocycles. The molecule has 1 N–H and O–H groups in total. The summed E-state index contributed by atoms with van der Waals surface area (Å²) in [5.41, 5.74) is 2.13. The Bertz CT molecular complexity index is 657. The zero-order valence-corrected chi connectivity index (χ0v) is 10.8. The van der Waals surface area contributed by atoms with Gasteiger partial charge in [0.05, 0.1) is 23.9 Å². The summed E-state index contributed by atoms with van der Waals surface area (Å²) in [7, 11) is 0. The molecule has 0 saturated heterocycles. The number of anilines is 1. The molecule has 3 aromatic rings. The van der Waals surface area contributed by atoms with Crippen LogP contribution < -0.4 is 5.32 Å². The Labute approximate surface area is 109 Å². The van der Waals surface area contributed by atoms with Gasteiger partial charge in [-0.2, -0.15) is 0 Å². The smallest absolute Gasteiger partial charge is 0.205 e. The van der Waals surface area contributed by atoms with Crippen LogP contribution >= 0.6 is 11.3 Å². The monoisotopic (exact) mass is 259 g/mol. The van der Waals surface area contributed by atoms with Crippen molar-refractivity contribution < 1.29 is 0 Å². The van der Waals surface area contributed by atoms with Crippen LogP contribution in [-0.2, 0) is 6.54 Å². The fraction of sp³-hybridized carbons (Fsp3) is 0.250. The van der Waals surface area contributed by atoms with E-state index in [0.717, 1.165) is 27.7 Å². The highest BCUT2D eigenvalue weighted by molar-refractivity contribution is 7.15. The number of para-hydroxylation sites is 2. The second-order valence-corrected chi connectivity index (χ2v) is 4.95. The van der Waals surface area contributed by atoms with Crippen LogP contribution in [0.25, 0.3) is 11.0 Å². The lowest BCUT2D eigenvalue weighted by atomic mass is 10.3. The molecule has 5 nitrogen and oxygen atoms in total. The average molecular weight is 259 g/mol. The maximum Gasteiger partial charge on any atom is 0.205 e. The number of nitrogens with one attached hydrogen (secondary N) is 1. The third-order valence-corrected chi connectivity index (χ3v) is 3.49. The number of imidazole rings is 1. The summed E-state index contributed by atoms with van der Waals surface area (Å²) in [4.78, 5) is 4.36. The molecule has 3 rings (SSSR count). The summed E-state index contributed by atoms with van der Waals surface area (Å²) in [5.74, 6) is 0. The zero-order chi connectivity index (χ0) is 12.4. The average Bonchev–Trinajstić information content (AvgIpc) is 2.99. The summed E-state index contributed by atoms with van der Waals surface area (Å²) in [6.45, 7) is 3.62. The van der Waals surface area contributed by atoms with Crippen LogP contribution in [0.1, 0.15) is 11.9 Å². The number of hydrogen-bond acceptors (Lipinski definition) is 5. The number of rotatable bonds is 4. The lowest BCUT2D eigenvalue weighted by Gasteiger charge is -1.99. The van der Waals surface area contributed by atoms with Crippen LogP contribution in [0.2, 0.25) is 0 Å². The Kier molecular flexibility index (Phi) is 2.93. The minimum absolute atomic E-state index is 0.712. The first-order valence-corrected chi connectivity index (χ1v) is 6.64. The molecule has 0 unspecified atom stereocenters. The minimum atomic E-state index is 0.712. The molecule has 0 aliphatic carbocycles. The predicted octanol–water partition coefficient (Wildman–Crippen LogP) is 2.37. The van der Waals surface area contributed by atoms with Gasteiger partial charge in [0, 0.05) is 6.54 Å². The predicted molar refractivity (Wildman–Crippen MR) is 72.9 cm³/mol. The second-order valence-electron chi connectivity index (χ2n) is 3.89. The van der Waals surface area contributed by atoms with Crippen molar-refractivity contribution in [1.82, 2.24) is 19.7 Å². The Hall–Kier alpha value is -1.95. The van der Waals surface area contributed by atoms with Crippen LogP contribution in [0, 0.1) is 0 Å². The van der Waals surface area contributed by atoms with Crippen LogP contribution in [0.5, 0.6) is 0 Å². The molecule has 0 spiro atoms. The van der Waals surface area contributed by atoms with E-state index in [0.29, 0.717) is 6.54 Å². The Morgan fingerprint density at radius 2 is 2.17 bits per heavy atom. The first-order chi connectivity index (χ1) is 8.86. The summed E-state index contributed by atoms with van der Waals surface area (Å²) in [6, 6.07) is 8.09. The van der Waals surface area contributed by atoms with E-state index >= 15 is 0 Å². The lowest BCUT2D eigenvalue weighted by Crippen LogP contribution is -1.97. The van der Waals surface area contributed by atoms with Gasteiger partial charge in [-0.3, -0.25) is 0 Å². The van der Waals surface area contributed by atoms with Gasteiger partial charge < -0.3 is 9.88 Å². The van der Waals surface area contributed by atoms with E-state index in [1.807, 2.05) is 31.5 Å². The number of aromatic nitrogens is 4. The number of nitrogens with zero attached hydrogens (tertiary/aromatic N) is 4. The largest absolute Gasteiger partial charge is 0.360 e. The molecule has 0 radical (unpaired) electrons. The molecule has 0 fully saturated rings. The first-order valence-electron chi connectivity index (χ1n) is 5.83. The number of hydrogen-bond donors (Lipinski definition) is 1. The third kappa shape index (κ3) is 2.06. The summed E-state index contributed by atoms with van der Waals surface area (Å²) < 4.78 is 2.09. The van der Waals surface area contributed by atoms with E-state index in [4.69, 9.17) is 0 Å². The third-order valence-electron chi connectivity index (χ3n) is 2.63. The van der Waals surface area contributed by atoms with Gasteiger partial charge in [0.15, 0.2) is 0 Å². The molecular weight excluding hydrogens is 246 g/mol. The standard InChI is InChI=1S/C12H13N5S/c1-2-13-12-16-15-11(18-12)7-17-8-14-9-5-3-4-6-10(9)17/h3-6,8H,2,7H2,1H3,(H,13,16). The van der Waals surface area contributed by atoms with Crippen molar-refractivity contribution in [3.63, 3.8) is 0 Å². The highest BCUT2D eigenvalue weighted by atomic mass is 32.1.